The van der Waals surface area contributed by atoms with E-state index in [0.29, 0.717) is 12.5 Å². The summed E-state index contributed by atoms with van der Waals surface area (Å²) in [6.45, 7) is 2.62. The van der Waals surface area contributed by atoms with Crippen LogP contribution < -0.4 is 4.74 Å². The van der Waals surface area contributed by atoms with Gasteiger partial charge in [0.2, 0.25) is 5.91 Å². The molecule has 1 aliphatic rings. The second-order valence-corrected chi connectivity index (χ2v) is 4.47. The SMILES string of the molecule is CCOc1cccc(C2CC2C(=O)N(C)OC)c1. The van der Waals surface area contributed by atoms with Crippen LogP contribution in [-0.2, 0) is 9.63 Å². The molecule has 2 rings (SSSR count). The highest BCUT2D eigenvalue weighted by Gasteiger charge is 2.45. The van der Waals surface area contributed by atoms with Crippen molar-refractivity contribution in [3.05, 3.63) is 29.8 Å². The minimum Gasteiger partial charge on any atom is -0.494 e. The normalized spacial score (nSPS) is 21.5. The van der Waals surface area contributed by atoms with Crippen LogP contribution in [0.1, 0.15) is 24.8 Å². The molecule has 2 unspecified atom stereocenters. The lowest BCUT2D eigenvalue weighted by Gasteiger charge is -2.13. The van der Waals surface area contributed by atoms with Crippen LogP contribution in [0.4, 0.5) is 0 Å². The quantitative estimate of drug-likeness (QED) is 0.751. The number of rotatable bonds is 5. The molecule has 2 atom stereocenters. The van der Waals surface area contributed by atoms with Gasteiger partial charge in [-0.3, -0.25) is 9.63 Å². The molecule has 18 heavy (non-hydrogen) atoms. The maximum Gasteiger partial charge on any atom is 0.249 e. The zero-order valence-electron chi connectivity index (χ0n) is 11.1. The molecule has 0 aliphatic heterocycles. The molecule has 0 bridgehead atoms. The van der Waals surface area contributed by atoms with Crippen molar-refractivity contribution in [1.29, 1.82) is 0 Å². The van der Waals surface area contributed by atoms with Crippen LogP contribution in [0, 0.1) is 5.92 Å². The van der Waals surface area contributed by atoms with E-state index >= 15 is 0 Å². The second-order valence-electron chi connectivity index (χ2n) is 4.47. The average Bonchev–Trinajstić information content (AvgIpc) is 3.18. The molecular formula is C14H19NO3. The number of carbonyl (C=O) groups excluding carboxylic acids is 1. The first-order chi connectivity index (χ1) is 8.67. The zero-order valence-corrected chi connectivity index (χ0v) is 11.1. The lowest BCUT2D eigenvalue weighted by Crippen LogP contribution is -2.27. The van der Waals surface area contributed by atoms with E-state index in [1.165, 1.54) is 17.7 Å². The zero-order chi connectivity index (χ0) is 13.1. The fourth-order valence-corrected chi connectivity index (χ4v) is 2.16. The number of amides is 1. The topological polar surface area (TPSA) is 38.8 Å². The monoisotopic (exact) mass is 249 g/mol. The van der Waals surface area contributed by atoms with E-state index in [-0.39, 0.29) is 11.8 Å². The Morgan fingerprint density at radius 3 is 2.94 bits per heavy atom. The highest BCUT2D eigenvalue weighted by molar-refractivity contribution is 5.81. The van der Waals surface area contributed by atoms with Crippen molar-refractivity contribution >= 4 is 5.91 Å². The summed E-state index contributed by atoms with van der Waals surface area (Å²) in [5, 5.41) is 1.30. The molecule has 1 aromatic carbocycles. The Morgan fingerprint density at radius 1 is 1.50 bits per heavy atom. The number of hydroxylamine groups is 2. The van der Waals surface area contributed by atoms with Crippen LogP contribution in [0.3, 0.4) is 0 Å². The van der Waals surface area contributed by atoms with E-state index in [1.54, 1.807) is 7.05 Å². The van der Waals surface area contributed by atoms with E-state index in [2.05, 4.69) is 0 Å². The maximum atomic E-state index is 11.9. The van der Waals surface area contributed by atoms with Crippen LogP contribution in [0.25, 0.3) is 0 Å². The van der Waals surface area contributed by atoms with Gasteiger partial charge in [0.15, 0.2) is 0 Å². The predicted octanol–water partition coefficient (Wildman–Crippen LogP) is 2.21. The molecule has 0 radical (unpaired) electrons. The Hall–Kier alpha value is -1.55. The molecule has 0 N–H and O–H groups in total. The predicted molar refractivity (Wildman–Crippen MR) is 68.2 cm³/mol. The van der Waals surface area contributed by atoms with Crippen LogP contribution in [0.15, 0.2) is 24.3 Å². The van der Waals surface area contributed by atoms with Gasteiger partial charge in [0.1, 0.15) is 5.75 Å². The molecule has 0 saturated heterocycles. The van der Waals surface area contributed by atoms with Gasteiger partial charge in [-0.2, -0.15) is 0 Å². The van der Waals surface area contributed by atoms with Crippen LogP contribution >= 0.6 is 0 Å². The molecular weight excluding hydrogens is 230 g/mol. The summed E-state index contributed by atoms with van der Waals surface area (Å²) in [5.41, 5.74) is 1.17. The molecule has 4 heteroatoms. The van der Waals surface area contributed by atoms with Gasteiger partial charge in [-0.1, -0.05) is 12.1 Å². The number of nitrogens with zero attached hydrogens (tertiary/aromatic N) is 1. The van der Waals surface area contributed by atoms with Crippen molar-refractivity contribution in [3.8, 4) is 5.75 Å². The molecule has 98 valence electrons. The number of ether oxygens (including phenoxy) is 1. The van der Waals surface area contributed by atoms with Gasteiger partial charge in [0.05, 0.1) is 13.7 Å². The standard InChI is InChI=1S/C14H19NO3/c1-4-18-11-7-5-6-10(8-11)12-9-13(12)14(16)15(2)17-3/h5-8,12-13H,4,9H2,1-3H3. The summed E-state index contributed by atoms with van der Waals surface area (Å²) < 4.78 is 5.47. The average molecular weight is 249 g/mol. The van der Waals surface area contributed by atoms with Crippen molar-refractivity contribution in [2.75, 3.05) is 20.8 Å². The van der Waals surface area contributed by atoms with Gasteiger partial charge in [-0.25, -0.2) is 5.06 Å². The largest absolute Gasteiger partial charge is 0.494 e. The Labute approximate surface area is 107 Å². The van der Waals surface area contributed by atoms with E-state index in [1.807, 2.05) is 31.2 Å². The highest BCUT2D eigenvalue weighted by atomic mass is 16.7. The molecule has 0 spiro atoms. The van der Waals surface area contributed by atoms with Gasteiger partial charge in [0.25, 0.3) is 0 Å². The molecule has 0 aromatic heterocycles. The second kappa shape index (κ2) is 5.40. The van der Waals surface area contributed by atoms with E-state index < -0.39 is 0 Å². The summed E-state index contributed by atoms with van der Waals surface area (Å²) in [6, 6.07) is 7.98. The van der Waals surface area contributed by atoms with Gasteiger partial charge in [-0.15, -0.1) is 0 Å². The Kier molecular flexibility index (Phi) is 3.87. The first-order valence-electron chi connectivity index (χ1n) is 6.21. The summed E-state index contributed by atoms with van der Waals surface area (Å²) in [7, 11) is 3.15. The molecule has 1 aliphatic carbocycles. The molecule has 1 aromatic rings. The molecule has 0 heterocycles. The van der Waals surface area contributed by atoms with Crippen molar-refractivity contribution in [1.82, 2.24) is 5.06 Å². The van der Waals surface area contributed by atoms with Crippen LogP contribution in [0.2, 0.25) is 0 Å². The van der Waals surface area contributed by atoms with Gasteiger partial charge in [-0.05, 0) is 37.0 Å². The Balaban J connectivity index is 2.02. The lowest BCUT2D eigenvalue weighted by atomic mass is 10.1. The molecule has 4 nitrogen and oxygen atoms in total. The lowest BCUT2D eigenvalue weighted by molar-refractivity contribution is -0.170. The van der Waals surface area contributed by atoms with Gasteiger partial charge in [0, 0.05) is 13.0 Å². The van der Waals surface area contributed by atoms with Gasteiger partial charge < -0.3 is 4.74 Å². The van der Waals surface area contributed by atoms with Crippen molar-refractivity contribution in [2.45, 2.75) is 19.3 Å². The minimum absolute atomic E-state index is 0.0457. The first-order valence-corrected chi connectivity index (χ1v) is 6.21. The van der Waals surface area contributed by atoms with Crippen LogP contribution in [0.5, 0.6) is 5.75 Å². The third-order valence-corrected chi connectivity index (χ3v) is 3.29. The summed E-state index contributed by atoms with van der Waals surface area (Å²) in [6.07, 6.45) is 0.891. The number of hydrogen-bond acceptors (Lipinski definition) is 3. The van der Waals surface area contributed by atoms with Crippen LogP contribution in [-0.4, -0.2) is 31.7 Å². The minimum atomic E-state index is 0.0457. The summed E-state index contributed by atoms with van der Waals surface area (Å²) >= 11 is 0. The molecule has 1 amide bonds. The third kappa shape index (κ3) is 2.64. The maximum absolute atomic E-state index is 11.9. The fraction of sp³-hybridized carbons (Fsp3) is 0.500. The van der Waals surface area contributed by atoms with Gasteiger partial charge >= 0.3 is 0 Å². The first kappa shape index (κ1) is 12.9. The number of carbonyl (C=O) groups is 1. The summed E-state index contributed by atoms with van der Waals surface area (Å²) in [5.74, 6) is 1.26. The number of benzene rings is 1. The number of hydrogen-bond donors (Lipinski definition) is 0. The van der Waals surface area contributed by atoms with E-state index in [0.717, 1.165) is 12.2 Å². The smallest absolute Gasteiger partial charge is 0.249 e. The molecule has 1 fully saturated rings. The van der Waals surface area contributed by atoms with E-state index in [4.69, 9.17) is 9.57 Å². The van der Waals surface area contributed by atoms with E-state index in [9.17, 15) is 4.79 Å². The Morgan fingerprint density at radius 2 is 2.28 bits per heavy atom. The highest BCUT2D eigenvalue weighted by Crippen LogP contribution is 2.48. The fourth-order valence-electron chi connectivity index (χ4n) is 2.16. The summed E-state index contributed by atoms with van der Waals surface area (Å²) in [4.78, 5) is 16.8. The molecule has 1 saturated carbocycles. The third-order valence-electron chi connectivity index (χ3n) is 3.29. The van der Waals surface area contributed by atoms with Crippen molar-refractivity contribution in [2.24, 2.45) is 5.92 Å². The van der Waals surface area contributed by atoms with Crippen molar-refractivity contribution in [3.63, 3.8) is 0 Å². The Bertz CT molecular complexity index is 433. The van der Waals surface area contributed by atoms with Crippen molar-refractivity contribution < 1.29 is 14.4 Å².